The summed E-state index contributed by atoms with van der Waals surface area (Å²) in [4.78, 5) is 11.6. The number of anilines is 3. The van der Waals surface area contributed by atoms with Crippen LogP contribution < -0.4 is 10.6 Å². The molecule has 39 heavy (non-hydrogen) atoms. The maximum Gasteiger partial charge on any atom is 0.296 e. The van der Waals surface area contributed by atoms with Gasteiger partial charge in [0.25, 0.3) is 25.9 Å². The van der Waals surface area contributed by atoms with E-state index in [1.807, 2.05) is 0 Å². The zero-order valence-corrected chi connectivity index (χ0v) is 21.6. The van der Waals surface area contributed by atoms with Crippen LogP contribution in [-0.4, -0.2) is 30.9 Å². The third-order valence-electron chi connectivity index (χ3n) is 5.65. The highest BCUT2D eigenvalue weighted by Crippen LogP contribution is 2.38. The lowest BCUT2D eigenvalue weighted by atomic mass is 10.0. The van der Waals surface area contributed by atoms with Crippen molar-refractivity contribution in [2.45, 2.75) is 9.79 Å². The summed E-state index contributed by atoms with van der Waals surface area (Å²) in [5.41, 5.74) is 6.53. The summed E-state index contributed by atoms with van der Waals surface area (Å²) in [6.45, 7) is 0. The number of nitro benzene ring substituents is 1. The predicted octanol–water partition coefficient (Wildman–Crippen LogP) is 5.01. The molecule has 0 unspecified atom stereocenters. The lowest BCUT2D eigenvalue weighted by Gasteiger charge is -2.28. The van der Waals surface area contributed by atoms with E-state index >= 15 is 0 Å². The van der Waals surface area contributed by atoms with Crippen LogP contribution in [0.3, 0.4) is 0 Å². The van der Waals surface area contributed by atoms with Gasteiger partial charge >= 0.3 is 0 Å². The molecule has 13 heteroatoms. The van der Waals surface area contributed by atoms with Crippen LogP contribution in [0.1, 0.15) is 11.1 Å². The van der Waals surface area contributed by atoms with Crippen LogP contribution >= 0.6 is 0 Å². The van der Waals surface area contributed by atoms with Crippen LogP contribution in [0.4, 0.5) is 22.7 Å². The van der Waals surface area contributed by atoms with Crippen molar-refractivity contribution >= 4 is 54.8 Å². The normalized spacial score (nSPS) is 12.2. The third-order valence-corrected chi connectivity index (χ3v) is 7.40. The number of benzene rings is 4. The van der Waals surface area contributed by atoms with Crippen molar-refractivity contribution in [3.8, 4) is 0 Å². The van der Waals surface area contributed by atoms with Crippen LogP contribution in [0, 0.1) is 10.1 Å². The Hall–Kier alpha value is -4.56. The number of para-hydroxylation sites is 2. The van der Waals surface area contributed by atoms with Crippen LogP contribution in [0.2, 0.25) is 0 Å². The summed E-state index contributed by atoms with van der Waals surface area (Å²) >= 11 is 0. The van der Waals surface area contributed by atoms with Crippen molar-refractivity contribution in [2.75, 3.05) is 10.6 Å². The molecule has 4 N–H and O–H groups in total. The Kier molecular flexibility index (Phi) is 7.51. The van der Waals surface area contributed by atoms with Crippen LogP contribution in [0.25, 0.3) is 11.8 Å². The van der Waals surface area contributed by atoms with Crippen molar-refractivity contribution in [3.63, 3.8) is 0 Å². The van der Waals surface area contributed by atoms with E-state index in [-0.39, 0.29) is 22.5 Å². The molecule has 0 fully saturated rings. The molecule has 0 aliphatic rings. The molecular formula is C26H21N3O8S2. The fourth-order valence-electron chi connectivity index (χ4n) is 3.89. The fraction of sp³-hybridized carbons (Fsp3) is 0. The van der Waals surface area contributed by atoms with Gasteiger partial charge in [0.1, 0.15) is 9.79 Å². The van der Waals surface area contributed by atoms with Gasteiger partial charge in [-0.25, -0.2) is 0 Å². The second-order valence-electron chi connectivity index (χ2n) is 8.22. The fourth-order valence-corrected chi connectivity index (χ4v) is 5.03. The van der Waals surface area contributed by atoms with Crippen molar-refractivity contribution in [3.05, 3.63) is 118 Å². The number of rotatable bonds is 8. The zero-order chi connectivity index (χ0) is 28.4. The number of hydrogen-bond donors (Lipinski definition) is 3. The van der Waals surface area contributed by atoms with Gasteiger partial charge in [-0.15, -0.1) is 0 Å². The largest absolute Gasteiger partial charge is 0.398 e. The van der Waals surface area contributed by atoms with Gasteiger partial charge in [-0.3, -0.25) is 19.2 Å². The van der Waals surface area contributed by atoms with E-state index in [1.54, 1.807) is 65.6 Å². The lowest BCUT2D eigenvalue weighted by molar-refractivity contribution is -0.385. The number of nitrogen functional groups attached to an aromatic ring is 1. The van der Waals surface area contributed by atoms with E-state index in [0.29, 0.717) is 11.4 Å². The molecule has 4 rings (SSSR count). The van der Waals surface area contributed by atoms with Crippen LogP contribution in [0.5, 0.6) is 0 Å². The minimum absolute atomic E-state index is 0.0514. The number of hydrogen-bond acceptors (Lipinski definition) is 8. The quantitative estimate of drug-likeness (QED) is 0.0861. The summed E-state index contributed by atoms with van der Waals surface area (Å²) in [5, 5.41) is 11.9. The first-order valence-corrected chi connectivity index (χ1v) is 14.0. The predicted molar refractivity (Wildman–Crippen MR) is 146 cm³/mol. The zero-order valence-electron chi connectivity index (χ0n) is 19.9. The second-order valence-corrected chi connectivity index (χ2v) is 11.0. The SMILES string of the molecule is Nc1ccc(C(=Cc2ccc(S(=O)(=O)O)cc2[N+](=O)[O-])N(c2ccccc2)c2ccccc2)cc1S(=O)(=O)O. The first-order chi connectivity index (χ1) is 18.4. The number of nitrogens with zero attached hydrogens (tertiary/aromatic N) is 2. The van der Waals surface area contributed by atoms with E-state index in [9.17, 15) is 36.1 Å². The standard InChI is InChI=1S/C26H21N3O8S2/c27-23-14-12-19(16-26(23)39(35,36)37)24(15-18-11-13-22(38(32,33)34)17-25(18)29(30)31)28(20-7-3-1-4-8-20)21-9-5-2-6-10-21/h1-17H,27H2,(H,32,33,34)(H,35,36,37). The molecule has 0 aliphatic heterocycles. The molecule has 0 heterocycles. The van der Waals surface area contributed by atoms with Crippen molar-refractivity contribution in [2.24, 2.45) is 0 Å². The van der Waals surface area contributed by atoms with Gasteiger partial charge in [-0.05, 0) is 54.6 Å². The summed E-state index contributed by atoms with van der Waals surface area (Å²) < 4.78 is 66.5. The molecule has 0 aliphatic carbocycles. The maximum atomic E-state index is 12.0. The summed E-state index contributed by atoms with van der Waals surface area (Å²) in [6.07, 6.45) is 1.37. The van der Waals surface area contributed by atoms with Gasteiger partial charge in [-0.1, -0.05) is 42.5 Å². The van der Waals surface area contributed by atoms with E-state index in [1.165, 1.54) is 18.2 Å². The molecule has 11 nitrogen and oxygen atoms in total. The third kappa shape index (κ3) is 6.13. The van der Waals surface area contributed by atoms with Crippen LogP contribution in [0.15, 0.2) is 107 Å². The van der Waals surface area contributed by atoms with Gasteiger partial charge in [-0.2, -0.15) is 16.8 Å². The molecule has 0 radical (unpaired) electrons. The Morgan fingerprint density at radius 3 is 1.85 bits per heavy atom. The topological polar surface area (TPSA) is 181 Å². The Balaban J connectivity index is 2.09. The Bertz CT molecular complexity index is 1750. The molecule has 200 valence electrons. The van der Waals surface area contributed by atoms with Gasteiger partial charge in [0.15, 0.2) is 0 Å². The molecule has 0 aromatic heterocycles. The lowest BCUT2D eigenvalue weighted by Crippen LogP contribution is -2.16. The molecular weight excluding hydrogens is 546 g/mol. The van der Waals surface area contributed by atoms with E-state index in [4.69, 9.17) is 5.73 Å². The van der Waals surface area contributed by atoms with Crippen LogP contribution in [-0.2, 0) is 20.2 Å². The number of nitrogens with two attached hydrogens (primary N) is 1. The average Bonchev–Trinajstić information content (AvgIpc) is 2.88. The summed E-state index contributed by atoms with van der Waals surface area (Å²) in [7, 11) is -9.46. The minimum atomic E-state index is -4.73. The molecule has 4 aromatic carbocycles. The van der Waals surface area contributed by atoms with Gasteiger partial charge < -0.3 is 10.6 Å². The minimum Gasteiger partial charge on any atom is -0.398 e. The Labute approximate surface area is 224 Å². The van der Waals surface area contributed by atoms with Crippen molar-refractivity contribution in [1.29, 1.82) is 0 Å². The number of nitro groups is 1. The smallest absolute Gasteiger partial charge is 0.296 e. The summed E-state index contributed by atoms with van der Waals surface area (Å²) in [6, 6.07) is 24.4. The van der Waals surface area contributed by atoms with E-state index < -0.39 is 40.6 Å². The monoisotopic (exact) mass is 567 g/mol. The highest BCUT2D eigenvalue weighted by atomic mass is 32.2. The van der Waals surface area contributed by atoms with E-state index in [2.05, 4.69) is 0 Å². The molecule has 0 amide bonds. The first kappa shape index (κ1) is 27.5. The van der Waals surface area contributed by atoms with Gasteiger partial charge in [0.05, 0.1) is 21.9 Å². The molecule has 0 bridgehead atoms. The maximum absolute atomic E-state index is 12.0. The highest BCUT2D eigenvalue weighted by Gasteiger charge is 2.24. The first-order valence-electron chi connectivity index (χ1n) is 11.1. The highest BCUT2D eigenvalue weighted by molar-refractivity contribution is 7.86. The Morgan fingerprint density at radius 1 is 0.795 bits per heavy atom. The molecule has 4 aromatic rings. The molecule has 0 saturated heterocycles. The molecule has 0 saturated carbocycles. The second kappa shape index (κ2) is 10.7. The molecule has 0 spiro atoms. The van der Waals surface area contributed by atoms with Crippen molar-refractivity contribution < 1.29 is 30.9 Å². The van der Waals surface area contributed by atoms with E-state index in [0.717, 1.165) is 24.3 Å². The average molecular weight is 568 g/mol. The van der Waals surface area contributed by atoms with Gasteiger partial charge in [0.2, 0.25) is 0 Å². The molecule has 0 atom stereocenters. The summed E-state index contributed by atoms with van der Waals surface area (Å²) in [5.74, 6) is 0. The van der Waals surface area contributed by atoms with Crippen molar-refractivity contribution in [1.82, 2.24) is 0 Å². The van der Waals surface area contributed by atoms with Gasteiger partial charge in [0, 0.05) is 23.0 Å². The Morgan fingerprint density at radius 2 is 1.36 bits per heavy atom.